The number of carbonyl (C=O) groups excluding carboxylic acids is 2. The van der Waals surface area contributed by atoms with Gasteiger partial charge in [0.05, 0.1) is 12.8 Å². The maximum absolute atomic E-state index is 12.0. The van der Waals surface area contributed by atoms with E-state index in [1.54, 1.807) is 32.3 Å². The monoisotopic (exact) mass is 307 g/mol. The maximum atomic E-state index is 12.0. The molecule has 6 heteroatoms. The lowest BCUT2D eigenvalue weighted by Crippen LogP contribution is -2.39. The predicted molar refractivity (Wildman–Crippen MR) is 87.5 cm³/mol. The number of urea groups is 1. The summed E-state index contributed by atoms with van der Waals surface area (Å²) >= 11 is 0. The van der Waals surface area contributed by atoms with E-state index in [4.69, 9.17) is 4.74 Å². The van der Waals surface area contributed by atoms with Crippen LogP contribution in [0.5, 0.6) is 5.75 Å². The molecule has 22 heavy (non-hydrogen) atoms. The summed E-state index contributed by atoms with van der Waals surface area (Å²) in [7, 11) is 4.87. The summed E-state index contributed by atoms with van der Waals surface area (Å²) in [5.41, 5.74) is 0.946. The van der Waals surface area contributed by atoms with Gasteiger partial charge in [-0.15, -0.1) is 0 Å². The number of nitrogens with zero attached hydrogens (tertiary/aromatic N) is 1. The molecule has 1 aromatic rings. The highest BCUT2D eigenvalue weighted by atomic mass is 16.5. The number of rotatable bonds is 5. The van der Waals surface area contributed by atoms with Crippen molar-refractivity contribution in [3.05, 3.63) is 23.8 Å². The van der Waals surface area contributed by atoms with Gasteiger partial charge in [-0.25, -0.2) is 4.79 Å². The molecule has 0 fully saturated rings. The minimum absolute atomic E-state index is 0.0394. The number of methoxy groups -OCH3 is 1. The van der Waals surface area contributed by atoms with Gasteiger partial charge in [0.25, 0.3) is 5.91 Å². The molecule has 6 nitrogen and oxygen atoms in total. The molecule has 1 aromatic carbocycles. The summed E-state index contributed by atoms with van der Waals surface area (Å²) in [5.74, 6) is 0.693. The summed E-state index contributed by atoms with van der Waals surface area (Å²) in [6.45, 7) is 6.00. The van der Waals surface area contributed by atoms with Crippen molar-refractivity contribution in [3.63, 3.8) is 0 Å². The molecule has 0 saturated carbocycles. The van der Waals surface area contributed by atoms with Gasteiger partial charge >= 0.3 is 6.03 Å². The first-order chi connectivity index (χ1) is 10.3. The molecule has 1 atom stereocenters. The van der Waals surface area contributed by atoms with Gasteiger partial charge in [-0.1, -0.05) is 13.8 Å². The van der Waals surface area contributed by atoms with Gasteiger partial charge in [-0.2, -0.15) is 0 Å². The molecule has 0 aliphatic rings. The first-order valence-corrected chi connectivity index (χ1v) is 7.23. The highest BCUT2D eigenvalue weighted by Gasteiger charge is 2.15. The van der Waals surface area contributed by atoms with E-state index >= 15 is 0 Å². The minimum atomic E-state index is -0.325. The van der Waals surface area contributed by atoms with Crippen LogP contribution in [0.4, 0.5) is 10.5 Å². The highest BCUT2D eigenvalue weighted by Crippen LogP contribution is 2.26. The minimum Gasteiger partial charge on any atom is -0.495 e. The Labute approximate surface area is 131 Å². The van der Waals surface area contributed by atoms with Crippen LogP contribution in [0.25, 0.3) is 0 Å². The van der Waals surface area contributed by atoms with E-state index in [1.807, 2.05) is 20.8 Å². The largest absolute Gasteiger partial charge is 0.495 e. The van der Waals surface area contributed by atoms with Gasteiger partial charge < -0.3 is 20.3 Å². The molecule has 0 aliphatic carbocycles. The van der Waals surface area contributed by atoms with Crippen molar-refractivity contribution in [1.29, 1.82) is 0 Å². The molecular weight excluding hydrogens is 282 g/mol. The number of benzene rings is 1. The van der Waals surface area contributed by atoms with Crippen LogP contribution >= 0.6 is 0 Å². The number of hydrogen-bond donors (Lipinski definition) is 2. The molecule has 0 unspecified atom stereocenters. The zero-order valence-corrected chi connectivity index (χ0v) is 14.1. The van der Waals surface area contributed by atoms with Crippen LogP contribution in [-0.4, -0.2) is 44.1 Å². The Morgan fingerprint density at radius 1 is 1.18 bits per heavy atom. The standard InChI is InChI=1S/C16H25N3O3/c1-10(2)11(3)17-16(21)18-13-9-12(15(20)19(4)5)7-8-14(13)22-6/h7-11H,1-6H3,(H2,17,18,21)/t11-/m0/s1. The Balaban J connectivity index is 2.94. The van der Waals surface area contributed by atoms with Crippen molar-refractivity contribution in [2.45, 2.75) is 26.8 Å². The number of anilines is 1. The third kappa shape index (κ3) is 4.65. The normalized spacial score (nSPS) is 11.8. The van der Waals surface area contributed by atoms with E-state index in [0.717, 1.165) is 0 Å². The molecule has 2 N–H and O–H groups in total. The first kappa shape index (κ1) is 17.8. The zero-order chi connectivity index (χ0) is 16.9. The van der Waals surface area contributed by atoms with Gasteiger partial charge in [0, 0.05) is 25.7 Å². The number of ether oxygens (including phenoxy) is 1. The molecule has 3 amide bonds. The van der Waals surface area contributed by atoms with Crippen LogP contribution in [-0.2, 0) is 0 Å². The van der Waals surface area contributed by atoms with Gasteiger partial charge in [-0.05, 0) is 31.0 Å². The van der Waals surface area contributed by atoms with Gasteiger partial charge in [-0.3, -0.25) is 4.79 Å². The number of hydrogen-bond acceptors (Lipinski definition) is 3. The number of nitrogens with one attached hydrogen (secondary N) is 2. The smallest absolute Gasteiger partial charge is 0.319 e. The number of amides is 3. The van der Waals surface area contributed by atoms with Crippen molar-refractivity contribution < 1.29 is 14.3 Å². The fourth-order valence-corrected chi connectivity index (χ4v) is 1.73. The lowest BCUT2D eigenvalue weighted by atomic mass is 10.1. The molecule has 122 valence electrons. The number of carbonyl (C=O) groups is 2. The van der Waals surface area contributed by atoms with E-state index in [2.05, 4.69) is 10.6 Å². The third-order valence-corrected chi connectivity index (χ3v) is 3.46. The fraction of sp³-hybridized carbons (Fsp3) is 0.500. The van der Waals surface area contributed by atoms with Crippen LogP contribution in [0, 0.1) is 5.92 Å². The lowest BCUT2D eigenvalue weighted by molar-refractivity contribution is 0.0827. The van der Waals surface area contributed by atoms with Crippen molar-refractivity contribution in [2.24, 2.45) is 5.92 Å². The SMILES string of the molecule is COc1ccc(C(=O)N(C)C)cc1NC(=O)N[C@@H](C)C(C)C. The molecule has 0 aromatic heterocycles. The zero-order valence-electron chi connectivity index (χ0n) is 14.1. The third-order valence-electron chi connectivity index (χ3n) is 3.46. The Morgan fingerprint density at radius 2 is 1.82 bits per heavy atom. The van der Waals surface area contributed by atoms with Crippen LogP contribution in [0.1, 0.15) is 31.1 Å². The van der Waals surface area contributed by atoms with Crippen molar-refractivity contribution >= 4 is 17.6 Å². The summed E-state index contributed by atoms with van der Waals surface area (Å²) in [5, 5.41) is 5.59. The molecule has 0 aliphatic heterocycles. The summed E-state index contributed by atoms with van der Waals surface area (Å²) < 4.78 is 5.23. The Bertz CT molecular complexity index is 541. The highest BCUT2D eigenvalue weighted by molar-refractivity contribution is 5.97. The second kappa shape index (κ2) is 7.68. The second-order valence-corrected chi connectivity index (χ2v) is 5.75. The first-order valence-electron chi connectivity index (χ1n) is 7.23. The van der Waals surface area contributed by atoms with E-state index < -0.39 is 0 Å². The van der Waals surface area contributed by atoms with Crippen LogP contribution in [0.2, 0.25) is 0 Å². The van der Waals surface area contributed by atoms with E-state index in [1.165, 1.54) is 12.0 Å². The topological polar surface area (TPSA) is 70.7 Å². The average Bonchev–Trinajstić information content (AvgIpc) is 2.45. The molecule has 0 radical (unpaired) electrons. The van der Waals surface area contributed by atoms with Gasteiger partial charge in [0.2, 0.25) is 0 Å². The van der Waals surface area contributed by atoms with Crippen molar-refractivity contribution in [3.8, 4) is 5.75 Å². The Kier molecular flexibility index (Phi) is 6.22. The molecule has 0 bridgehead atoms. The molecular formula is C16H25N3O3. The molecule has 0 spiro atoms. The fourth-order valence-electron chi connectivity index (χ4n) is 1.73. The van der Waals surface area contributed by atoms with Gasteiger partial charge in [0.1, 0.15) is 5.75 Å². The summed E-state index contributed by atoms with van der Waals surface area (Å²) in [6.07, 6.45) is 0. The Morgan fingerprint density at radius 3 is 2.32 bits per heavy atom. The lowest BCUT2D eigenvalue weighted by Gasteiger charge is -2.19. The summed E-state index contributed by atoms with van der Waals surface area (Å²) in [4.78, 5) is 25.5. The van der Waals surface area contributed by atoms with Crippen molar-refractivity contribution in [2.75, 3.05) is 26.5 Å². The van der Waals surface area contributed by atoms with Gasteiger partial charge in [0.15, 0.2) is 0 Å². The quantitative estimate of drug-likeness (QED) is 0.878. The maximum Gasteiger partial charge on any atom is 0.319 e. The molecule has 0 heterocycles. The van der Waals surface area contributed by atoms with E-state index in [0.29, 0.717) is 22.9 Å². The van der Waals surface area contributed by atoms with E-state index in [-0.39, 0.29) is 18.0 Å². The molecule has 1 rings (SSSR count). The van der Waals surface area contributed by atoms with E-state index in [9.17, 15) is 9.59 Å². The van der Waals surface area contributed by atoms with Crippen LogP contribution in [0.3, 0.4) is 0 Å². The second-order valence-electron chi connectivity index (χ2n) is 5.75. The Hall–Kier alpha value is -2.24. The predicted octanol–water partition coefficient (Wildman–Crippen LogP) is 2.56. The summed E-state index contributed by atoms with van der Waals surface area (Å²) in [6, 6.07) is 4.66. The van der Waals surface area contributed by atoms with Crippen LogP contribution in [0.15, 0.2) is 18.2 Å². The molecule has 0 saturated heterocycles. The van der Waals surface area contributed by atoms with Crippen molar-refractivity contribution in [1.82, 2.24) is 10.2 Å². The van der Waals surface area contributed by atoms with Crippen LogP contribution < -0.4 is 15.4 Å². The average molecular weight is 307 g/mol.